The van der Waals surface area contributed by atoms with E-state index in [9.17, 15) is 9.59 Å². The van der Waals surface area contributed by atoms with Crippen LogP contribution in [0.5, 0.6) is 5.75 Å². The fourth-order valence-electron chi connectivity index (χ4n) is 2.88. The number of likely N-dealkylation sites (N-methyl/N-ethyl adjacent to an activating group) is 1. The molecule has 0 aromatic heterocycles. The molecule has 1 fully saturated rings. The Kier molecular flexibility index (Phi) is 6.61. The smallest absolute Gasteiger partial charge is 0.243 e. The van der Waals surface area contributed by atoms with Crippen LogP contribution < -0.4 is 10.1 Å². The molecule has 1 aromatic carbocycles. The number of carbonyl (C=O) groups excluding carboxylic acids is 2. The number of hydrogen-bond donors (Lipinski definition) is 1. The van der Waals surface area contributed by atoms with Crippen molar-refractivity contribution < 1.29 is 14.3 Å². The molecule has 0 unspecified atom stereocenters. The standard InChI is InChI=1S/C18H27N3O3/c1-14(2)20-10-11-21(16(13-20)18(23)19-3)17(22)9-12-24-15-7-5-4-6-8-15/h4-8,14,16H,9-13H2,1-3H3,(H,19,23)/t16-/m0/s1. The van der Waals surface area contributed by atoms with Crippen molar-refractivity contribution in [1.82, 2.24) is 15.1 Å². The van der Waals surface area contributed by atoms with Gasteiger partial charge >= 0.3 is 0 Å². The minimum absolute atomic E-state index is 0.0389. The molecule has 1 heterocycles. The minimum Gasteiger partial charge on any atom is -0.493 e. The Morgan fingerprint density at radius 2 is 1.96 bits per heavy atom. The Bertz CT molecular complexity index is 548. The number of carbonyl (C=O) groups is 2. The van der Waals surface area contributed by atoms with Gasteiger partial charge < -0.3 is 15.0 Å². The quantitative estimate of drug-likeness (QED) is 0.847. The summed E-state index contributed by atoms with van der Waals surface area (Å²) in [6, 6.07) is 9.35. The van der Waals surface area contributed by atoms with Crippen molar-refractivity contribution in [2.45, 2.75) is 32.4 Å². The molecule has 1 saturated heterocycles. The van der Waals surface area contributed by atoms with E-state index in [0.717, 1.165) is 12.3 Å². The second-order valence-corrected chi connectivity index (χ2v) is 6.22. The Balaban J connectivity index is 1.92. The van der Waals surface area contributed by atoms with E-state index in [-0.39, 0.29) is 18.2 Å². The molecular weight excluding hydrogens is 306 g/mol. The van der Waals surface area contributed by atoms with Gasteiger partial charge in [0.15, 0.2) is 0 Å². The SMILES string of the molecule is CNC(=O)[C@@H]1CN(C(C)C)CCN1C(=O)CCOc1ccccc1. The molecule has 2 amide bonds. The Hall–Kier alpha value is -2.08. The van der Waals surface area contributed by atoms with Crippen molar-refractivity contribution in [2.75, 3.05) is 33.3 Å². The van der Waals surface area contributed by atoms with Gasteiger partial charge in [0, 0.05) is 32.7 Å². The first kappa shape index (κ1) is 18.3. The Morgan fingerprint density at radius 3 is 2.58 bits per heavy atom. The van der Waals surface area contributed by atoms with Crippen LogP contribution >= 0.6 is 0 Å². The molecule has 6 nitrogen and oxygen atoms in total. The van der Waals surface area contributed by atoms with Crippen molar-refractivity contribution >= 4 is 11.8 Å². The maximum atomic E-state index is 12.5. The summed E-state index contributed by atoms with van der Waals surface area (Å²) in [5.74, 6) is 0.596. The third-order valence-electron chi connectivity index (χ3n) is 4.34. The summed E-state index contributed by atoms with van der Waals surface area (Å²) < 4.78 is 5.59. The molecule has 0 spiro atoms. The zero-order chi connectivity index (χ0) is 17.5. The average molecular weight is 333 g/mol. The highest BCUT2D eigenvalue weighted by atomic mass is 16.5. The van der Waals surface area contributed by atoms with Gasteiger partial charge in [-0.2, -0.15) is 0 Å². The topological polar surface area (TPSA) is 61.9 Å². The maximum absolute atomic E-state index is 12.5. The van der Waals surface area contributed by atoms with Crippen LogP contribution in [0.2, 0.25) is 0 Å². The van der Waals surface area contributed by atoms with E-state index in [0.29, 0.717) is 25.7 Å². The summed E-state index contributed by atoms with van der Waals surface area (Å²) in [4.78, 5) is 28.6. The van der Waals surface area contributed by atoms with E-state index in [1.807, 2.05) is 30.3 Å². The van der Waals surface area contributed by atoms with Crippen LogP contribution in [0, 0.1) is 0 Å². The first-order valence-corrected chi connectivity index (χ1v) is 8.46. The molecule has 1 aliphatic heterocycles. The predicted molar refractivity (Wildman–Crippen MR) is 92.8 cm³/mol. The fourth-order valence-corrected chi connectivity index (χ4v) is 2.88. The monoisotopic (exact) mass is 333 g/mol. The largest absolute Gasteiger partial charge is 0.493 e. The zero-order valence-electron chi connectivity index (χ0n) is 14.7. The molecular formula is C18H27N3O3. The van der Waals surface area contributed by atoms with E-state index < -0.39 is 6.04 Å². The van der Waals surface area contributed by atoms with Crippen LogP contribution in [-0.4, -0.2) is 67.0 Å². The molecule has 0 bridgehead atoms. The molecule has 0 saturated carbocycles. The fraction of sp³-hybridized carbons (Fsp3) is 0.556. The van der Waals surface area contributed by atoms with Gasteiger partial charge in [-0.15, -0.1) is 0 Å². The summed E-state index contributed by atoms with van der Waals surface area (Å²) in [6.45, 7) is 6.45. The van der Waals surface area contributed by atoms with Crippen LogP contribution in [0.1, 0.15) is 20.3 Å². The normalized spacial score (nSPS) is 18.5. The summed E-state index contributed by atoms with van der Waals surface area (Å²) in [5, 5.41) is 2.67. The molecule has 24 heavy (non-hydrogen) atoms. The van der Waals surface area contributed by atoms with Crippen LogP contribution in [0.3, 0.4) is 0 Å². The molecule has 2 rings (SSSR count). The Morgan fingerprint density at radius 1 is 1.25 bits per heavy atom. The van der Waals surface area contributed by atoms with Gasteiger partial charge in [-0.3, -0.25) is 14.5 Å². The number of rotatable bonds is 6. The van der Waals surface area contributed by atoms with Gasteiger partial charge in [0.05, 0.1) is 13.0 Å². The number of hydrogen-bond acceptors (Lipinski definition) is 4. The highest BCUT2D eigenvalue weighted by molar-refractivity contribution is 5.88. The van der Waals surface area contributed by atoms with Gasteiger partial charge in [-0.05, 0) is 26.0 Å². The molecule has 6 heteroatoms. The molecule has 1 aliphatic rings. The number of benzene rings is 1. The molecule has 0 aliphatic carbocycles. The molecule has 132 valence electrons. The number of para-hydroxylation sites is 1. The van der Waals surface area contributed by atoms with Gasteiger partial charge in [-0.1, -0.05) is 18.2 Å². The van der Waals surface area contributed by atoms with E-state index in [4.69, 9.17) is 4.74 Å². The summed E-state index contributed by atoms with van der Waals surface area (Å²) in [6.07, 6.45) is 0.268. The lowest BCUT2D eigenvalue weighted by molar-refractivity contribution is -0.144. The van der Waals surface area contributed by atoms with E-state index in [2.05, 4.69) is 24.1 Å². The summed E-state index contributed by atoms with van der Waals surface area (Å²) in [7, 11) is 1.61. The van der Waals surface area contributed by atoms with Crippen LogP contribution in [0.25, 0.3) is 0 Å². The molecule has 1 atom stereocenters. The van der Waals surface area contributed by atoms with E-state index >= 15 is 0 Å². The van der Waals surface area contributed by atoms with Crippen molar-refractivity contribution in [3.05, 3.63) is 30.3 Å². The van der Waals surface area contributed by atoms with E-state index in [1.165, 1.54) is 0 Å². The summed E-state index contributed by atoms with van der Waals surface area (Å²) in [5.41, 5.74) is 0. The minimum atomic E-state index is -0.435. The van der Waals surface area contributed by atoms with Crippen LogP contribution in [0.15, 0.2) is 30.3 Å². The molecule has 1 N–H and O–H groups in total. The highest BCUT2D eigenvalue weighted by Crippen LogP contribution is 2.15. The number of amides is 2. The van der Waals surface area contributed by atoms with Crippen LogP contribution in [-0.2, 0) is 9.59 Å². The zero-order valence-corrected chi connectivity index (χ0v) is 14.7. The second-order valence-electron chi connectivity index (χ2n) is 6.22. The molecule has 0 radical (unpaired) electrons. The lowest BCUT2D eigenvalue weighted by Crippen LogP contribution is -2.61. The van der Waals surface area contributed by atoms with E-state index in [1.54, 1.807) is 11.9 Å². The highest BCUT2D eigenvalue weighted by Gasteiger charge is 2.35. The van der Waals surface area contributed by atoms with Gasteiger partial charge in [0.1, 0.15) is 11.8 Å². The van der Waals surface area contributed by atoms with Gasteiger partial charge in [-0.25, -0.2) is 0 Å². The average Bonchev–Trinajstić information content (AvgIpc) is 2.61. The van der Waals surface area contributed by atoms with Gasteiger partial charge in [0.25, 0.3) is 0 Å². The van der Waals surface area contributed by atoms with Crippen LogP contribution in [0.4, 0.5) is 0 Å². The first-order valence-electron chi connectivity index (χ1n) is 8.46. The van der Waals surface area contributed by atoms with Crippen molar-refractivity contribution in [3.8, 4) is 5.75 Å². The van der Waals surface area contributed by atoms with Gasteiger partial charge in [0.2, 0.25) is 11.8 Å². The predicted octanol–water partition coefficient (Wildman–Crippen LogP) is 1.12. The summed E-state index contributed by atoms with van der Waals surface area (Å²) >= 11 is 0. The third-order valence-corrected chi connectivity index (χ3v) is 4.34. The number of ether oxygens (including phenoxy) is 1. The lowest BCUT2D eigenvalue weighted by atomic mass is 10.1. The number of nitrogens with one attached hydrogen (secondary N) is 1. The van der Waals surface area contributed by atoms with Crippen molar-refractivity contribution in [1.29, 1.82) is 0 Å². The first-order chi connectivity index (χ1) is 11.5. The van der Waals surface area contributed by atoms with Crippen molar-refractivity contribution in [2.24, 2.45) is 0 Å². The number of piperazine rings is 1. The molecule has 1 aromatic rings. The van der Waals surface area contributed by atoms with Crippen molar-refractivity contribution in [3.63, 3.8) is 0 Å². The third kappa shape index (κ3) is 4.71. The maximum Gasteiger partial charge on any atom is 0.243 e. The Labute approximate surface area is 143 Å². The lowest BCUT2D eigenvalue weighted by Gasteiger charge is -2.42. The second kappa shape index (κ2) is 8.68. The number of nitrogens with zero attached hydrogens (tertiary/aromatic N) is 2.